The summed E-state index contributed by atoms with van der Waals surface area (Å²) < 4.78 is 12.9. The fourth-order valence-corrected chi connectivity index (χ4v) is 9.59. The van der Waals surface area contributed by atoms with Crippen molar-refractivity contribution in [3.05, 3.63) is 106 Å². The first-order valence-corrected chi connectivity index (χ1v) is 20.5. The van der Waals surface area contributed by atoms with Crippen molar-refractivity contribution in [2.24, 2.45) is 17.8 Å². The molecule has 0 heterocycles. The first-order chi connectivity index (χ1) is 25.1. The number of rotatable bonds is 14. The molecular weight excluding hydrogens is 637 g/mol. The van der Waals surface area contributed by atoms with E-state index in [1.807, 2.05) is 48.5 Å². The van der Waals surface area contributed by atoms with Crippen LogP contribution in [0.3, 0.4) is 0 Å². The highest BCUT2D eigenvalue weighted by Gasteiger charge is 2.42. The number of hydrogen-bond acceptors (Lipinski definition) is 4. The van der Waals surface area contributed by atoms with E-state index >= 15 is 0 Å². The zero-order valence-electron chi connectivity index (χ0n) is 32.7. The molecule has 0 bridgehead atoms. The molecule has 0 atom stereocenters. The largest absolute Gasteiger partial charge is 0.457 e. The Kier molecular flexibility index (Phi) is 12.6. The third kappa shape index (κ3) is 8.99. The van der Waals surface area contributed by atoms with Crippen molar-refractivity contribution in [2.45, 2.75) is 136 Å². The predicted octanol–water partition coefficient (Wildman–Crippen LogP) is 13.7. The Hall–Kier alpha value is -3.92. The molecule has 4 nitrogen and oxygen atoms in total. The fourth-order valence-electron chi connectivity index (χ4n) is 9.59. The van der Waals surface area contributed by atoms with Gasteiger partial charge in [-0.2, -0.15) is 0 Å². The van der Waals surface area contributed by atoms with E-state index < -0.39 is 0 Å². The monoisotopic (exact) mass is 700 g/mol. The molecular formula is C48H64N2O2. The Morgan fingerprint density at radius 2 is 0.942 bits per heavy atom. The first-order valence-electron chi connectivity index (χ1n) is 20.5. The number of nitrogens with two attached hydrogens (primary N) is 2. The number of anilines is 2. The lowest BCUT2D eigenvalue weighted by Gasteiger charge is -2.45. The number of nitrogen functional groups attached to an aromatic ring is 2. The first kappa shape index (κ1) is 37.8. The second kappa shape index (κ2) is 17.3. The van der Waals surface area contributed by atoms with Crippen LogP contribution in [-0.2, 0) is 5.41 Å². The van der Waals surface area contributed by atoms with Crippen LogP contribution in [0.25, 0.3) is 0 Å². The Balaban J connectivity index is 1.22. The van der Waals surface area contributed by atoms with Gasteiger partial charge in [-0.15, -0.1) is 0 Å². The van der Waals surface area contributed by atoms with Gasteiger partial charge in [0.1, 0.15) is 23.0 Å². The summed E-state index contributed by atoms with van der Waals surface area (Å²) in [5, 5.41) is 0. The van der Waals surface area contributed by atoms with Gasteiger partial charge in [0.2, 0.25) is 0 Å². The van der Waals surface area contributed by atoms with Crippen molar-refractivity contribution in [3.8, 4) is 23.0 Å². The Morgan fingerprint density at radius 3 is 1.38 bits per heavy atom. The summed E-state index contributed by atoms with van der Waals surface area (Å²) >= 11 is 0. The zero-order chi connectivity index (χ0) is 36.7. The van der Waals surface area contributed by atoms with Gasteiger partial charge in [-0.1, -0.05) is 89.0 Å². The lowest BCUT2D eigenvalue weighted by atomic mass is 9.59. The second-order valence-corrected chi connectivity index (χ2v) is 16.5. The minimum atomic E-state index is -0.0595. The highest BCUT2D eigenvalue weighted by molar-refractivity contribution is 5.55. The molecule has 0 unspecified atom stereocenters. The standard InChI is InChI=1S/C48H64N2O2/c1-6-7-8-9-10-11-12-37-13-15-38(16-14-37)39-25-27-48(28-26-39,40-29-33(2)46(34(3)30-40)51-44-21-17-42(49)18-22-44)41-31-35(4)47(36(5)32-41)52-45-23-19-43(50)20-24-45/h17-24,29-32,37-39H,6-16,25-28,49-50H2,1-5H3/t37-,38-. The third-order valence-corrected chi connectivity index (χ3v) is 12.6. The lowest BCUT2D eigenvalue weighted by Crippen LogP contribution is -2.36. The van der Waals surface area contributed by atoms with E-state index in [1.54, 1.807) is 0 Å². The quantitative estimate of drug-likeness (QED) is 0.101. The summed E-state index contributed by atoms with van der Waals surface area (Å²) in [6.45, 7) is 11.1. The molecule has 2 aliphatic rings. The van der Waals surface area contributed by atoms with Crippen molar-refractivity contribution in [1.82, 2.24) is 0 Å². The number of unbranched alkanes of at least 4 members (excludes halogenated alkanes) is 5. The smallest absolute Gasteiger partial charge is 0.133 e. The highest BCUT2D eigenvalue weighted by Crippen LogP contribution is 2.52. The molecule has 2 fully saturated rings. The molecule has 2 aliphatic carbocycles. The third-order valence-electron chi connectivity index (χ3n) is 12.6. The maximum atomic E-state index is 6.47. The van der Waals surface area contributed by atoms with Gasteiger partial charge < -0.3 is 20.9 Å². The van der Waals surface area contributed by atoms with Gasteiger partial charge >= 0.3 is 0 Å². The van der Waals surface area contributed by atoms with Gasteiger partial charge in [-0.05, 0) is 166 Å². The predicted molar refractivity (Wildman–Crippen MR) is 220 cm³/mol. The molecule has 0 radical (unpaired) electrons. The average Bonchev–Trinajstić information content (AvgIpc) is 3.14. The minimum absolute atomic E-state index is 0.0595. The highest BCUT2D eigenvalue weighted by atomic mass is 16.5. The Bertz CT molecular complexity index is 1590. The van der Waals surface area contributed by atoms with Crippen LogP contribution >= 0.6 is 0 Å². The van der Waals surface area contributed by atoms with Crippen molar-refractivity contribution < 1.29 is 9.47 Å². The lowest BCUT2D eigenvalue weighted by molar-refractivity contribution is 0.140. The molecule has 4 heteroatoms. The summed E-state index contributed by atoms with van der Waals surface area (Å²) in [4.78, 5) is 0. The maximum Gasteiger partial charge on any atom is 0.133 e. The van der Waals surface area contributed by atoms with Crippen molar-refractivity contribution in [1.29, 1.82) is 0 Å². The zero-order valence-corrected chi connectivity index (χ0v) is 32.7. The number of hydrogen-bond donors (Lipinski definition) is 2. The fraction of sp³-hybridized carbons (Fsp3) is 0.500. The Morgan fingerprint density at radius 1 is 0.538 bits per heavy atom. The van der Waals surface area contributed by atoms with Crippen LogP contribution in [-0.4, -0.2) is 0 Å². The van der Waals surface area contributed by atoms with Gasteiger partial charge in [-0.3, -0.25) is 0 Å². The summed E-state index contributed by atoms with van der Waals surface area (Å²) in [6.07, 6.45) is 20.6. The molecule has 2 saturated carbocycles. The molecule has 52 heavy (non-hydrogen) atoms. The van der Waals surface area contributed by atoms with Crippen LogP contribution in [0.1, 0.15) is 137 Å². The minimum Gasteiger partial charge on any atom is -0.457 e. The molecule has 0 saturated heterocycles. The van der Waals surface area contributed by atoms with Crippen LogP contribution in [0, 0.1) is 45.4 Å². The van der Waals surface area contributed by atoms with E-state index in [4.69, 9.17) is 20.9 Å². The summed E-state index contributed by atoms with van der Waals surface area (Å²) in [5.41, 5.74) is 20.9. The van der Waals surface area contributed by atoms with Crippen LogP contribution in [0.4, 0.5) is 11.4 Å². The van der Waals surface area contributed by atoms with Gasteiger partial charge in [0, 0.05) is 16.8 Å². The number of ether oxygens (including phenoxy) is 2. The molecule has 0 aliphatic heterocycles. The van der Waals surface area contributed by atoms with Gasteiger partial charge in [-0.25, -0.2) is 0 Å². The summed E-state index contributed by atoms with van der Waals surface area (Å²) in [5.74, 6) is 6.18. The SMILES string of the molecule is CCCCCCCC[C@H]1CC[C@H](C2CCC(c3cc(C)c(Oc4ccc(N)cc4)c(C)c3)(c3cc(C)c(Oc4ccc(N)cc4)c(C)c3)CC2)CC1. The van der Waals surface area contributed by atoms with Crippen LogP contribution in [0.15, 0.2) is 72.8 Å². The van der Waals surface area contributed by atoms with Crippen LogP contribution < -0.4 is 20.9 Å². The average molecular weight is 701 g/mol. The molecule has 278 valence electrons. The summed E-state index contributed by atoms with van der Waals surface area (Å²) in [7, 11) is 0. The molecule has 4 aromatic rings. The van der Waals surface area contributed by atoms with E-state index in [9.17, 15) is 0 Å². The van der Waals surface area contributed by atoms with Crippen molar-refractivity contribution in [2.75, 3.05) is 11.5 Å². The van der Waals surface area contributed by atoms with Gasteiger partial charge in [0.25, 0.3) is 0 Å². The van der Waals surface area contributed by atoms with Gasteiger partial charge in [0.05, 0.1) is 0 Å². The Labute approximate surface area is 314 Å². The molecule has 0 aromatic heterocycles. The van der Waals surface area contributed by atoms with Crippen molar-refractivity contribution in [3.63, 3.8) is 0 Å². The van der Waals surface area contributed by atoms with E-state index in [0.717, 1.165) is 52.1 Å². The van der Waals surface area contributed by atoms with E-state index in [0.29, 0.717) is 0 Å². The second-order valence-electron chi connectivity index (χ2n) is 16.5. The molecule has 4 aromatic carbocycles. The normalized spacial score (nSPS) is 19.0. The van der Waals surface area contributed by atoms with E-state index in [-0.39, 0.29) is 5.41 Å². The van der Waals surface area contributed by atoms with Gasteiger partial charge in [0.15, 0.2) is 0 Å². The van der Waals surface area contributed by atoms with E-state index in [1.165, 1.54) is 130 Å². The molecule has 4 N–H and O–H groups in total. The topological polar surface area (TPSA) is 70.5 Å². The molecule has 0 amide bonds. The molecule has 6 rings (SSSR count). The summed E-state index contributed by atoms with van der Waals surface area (Å²) in [6, 6.07) is 25.1. The van der Waals surface area contributed by atoms with Crippen molar-refractivity contribution >= 4 is 11.4 Å². The van der Waals surface area contributed by atoms with E-state index in [2.05, 4.69) is 58.9 Å². The van der Waals surface area contributed by atoms with Crippen LogP contribution in [0.5, 0.6) is 23.0 Å². The van der Waals surface area contributed by atoms with Crippen LogP contribution in [0.2, 0.25) is 0 Å². The number of aryl methyl sites for hydroxylation is 4. The maximum absolute atomic E-state index is 6.47. The number of benzene rings is 4. The molecule has 0 spiro atoms.